The minimum absolute atomic E-state index is 0.0540. The average Bonchev–Trinajstić information content (AvgIpc) is 3.19. The van der Waals surface area contributed by atoms with Gasteiger partial charge in [-0.2, -0.15) is 0 Å². The summed E-state index contributed by atoms with van der Waals surface area (Å²) >= 11 is 0. The van der Waals surface area contributed by atoms with Crippen molar-refractivity contribution in [3.05, 3.63) is 59.5 Å². The minimum Gasteiger partial charge on any atom is -0.463 e. The van der Waals surface area contributed by atoms with Gasteiger partial charge in [0.15, 0.2) is 0 Å². The third-order valence-electron chi connectivity index (χ3n) is 4.28. The summed E-state index contributed by atoms with van der Waals surface area (Å²) in [6.07, 6.45) is 2.22. The van der Waals surface area contributed by atoms with E-state index in [4.69, 9.17) is 9.15 Å². The number of benzene rings is 1. The Morgan fingerprint density at radius 1 is 1.24 bits per heavy atom. The van der Waals surface area contributed by atoms with Crippen LogP contribution in [0.3, 0.4) is 0 Å². The van der Waals surface area contributed by atoms with Gasteiger partial charge < -0.3 is 14.5 Å². The maximum Gasteiger partial charge on any atom is 0.373 e. The van der Waals surface area contributed by atoms with Crippen LogP contribution in [-0.4, -0.2) is 20.1 Å². The second-order valence-corrected chi connectivity index (χ2v) is 5.44. The van der Waals surface area contributed by atoms with Crippen LogP contribution in [0.25, 0.3) is 0 Å². The average molecular weight is 285 g/mol. The van der Waals surface area contributed by atoms with Crippen molar-refractivity contribution in [2.45, 2.75) is 24.3 Å². The van der Waals surface area contributed by atoms with E-state index >= 15 is 0 Å². The number of nitrogens with one attached hydrogen (secondary N) is 1. The summed E-state index contributed by atoms with van der Waals surface area (Å²) in [6, 6.07) is 14.0. The summed E-state index contributed by atoms with van der Waals surface area (Å²) < 4.78 is 10.4. The van der Waals surface area contributed by atoms with Crippen LogP contribution in [0.5, 0.6) is 0 Å². The molecule has 0 bridgehead atoms. The predicted molar refractivity (Wildman–Crippen MR) is 79.2 cm³/mol. The molecule has 0 amide bonds. The van der Waals surface area contributed by atoms with Gasteiger partial charge in [-0.1, -0.05) is 30.3 Å². The van der Waals surface area contributed by atoms with E-state index in [1.54, 1.807) is 6.07 Å². The minimum atomic E-state index is -0.444. The molecule has 0 saturated heterocycles. The molecule has 1 aliphatic carbocycles. The fourth-order valence-corrected chi connectivity index (χ4v) is 3.06. The molecule has 1 heterocycles. The molecular formula is C17H19NO3. The van der Waals surface area contributed by atoms with Gasteiger partial charge in [0.25, 0.3) is 0 Å². The highest BCUT2D eigenvalue weighted by atomic mass is 16.5. The van der Waals surface area contributed by atoms with E-state index < -0.39 is 5.97 Å². The molecule has 2 aromatic rings. The summed E-state index contributed by atoms with van der Waals surface area (Å²) in [5, 5.41) is 3.34. The number of furan rings is 1. The lowest BCUT2D eigenvalue weighted by atomic mass is 9.86. The third kappa shape index (κ3) is 2.36. The maximum absolute atomic E-state index is 11.5. The Labute approximate surface area is 124 Å². The van der Waals surface area contributed by atoms with Crippen molar-refractivity contribution in [1.29, 1.82) is 0 Å². The Kier molecular flexibility index (Phi) is 3.55. The van der Waals surface area contributed by atoms with E-state index in [1.807, 2.05) is 19.2 Å². The molecule has 1 unspecified atom stereocenters. The number of carbonyl (C=O) groups excluding carboxylic acids is 1. The van der Waals surface area contributed by atoms with Crippen LogP contribution >= 0.6 is 0 Å². The first-order valence-electron chi connectivity index (χ1n) is 7.12. The van der Waals surface area contributed by atoms with E-state index in [0.717, 1.165) is 18.6 Å². The fourth-order valence-electron chi connectivity index (χ4n) is 3.06. The molecule has 0 aliphatic heterocycles. The van der Waals surface area contributed by atoms with E-state index in [0.29, 0.717) is 0 Å². The zero-order valence-electron chi connectivity index (χ0n) is 12.3. The second-order valence-electron chi connectivity index (χ2n) is 5.44. The zero-order valence-corrected chi connectivity index (χ0v) is 12.3. The topological polar surface area (TPSA) is 51.5 Å². The molecule has 1 atom stereocenters. The Hall–Kier alpha value is -2.07. The number of esters is 1. The monoisotopic (exact) mass is 285 g/mol. The van der Waals surface area contributed by atoms with Crippen molar-refractivity contribution in [3.8, 4) is 0 Å². The van der Waals surface area contributed by atoms with E-state index in [1.165, 1.54) is 12.7 Å². The zero-order chi connectivity index (χ0) is 14.9. The van der Waals surface area contributed by atoms with E-state index in [-0.39, 0.29) is 17.2 Å². The first-order chi connectivity index (χ1) is 10.2. The lowest BCUT2D eigenvalue weighted by Gasteiger charge is -2.25. The molecule has 1 aliphatic rings. The lowest BCUT2D eigenvalue weighted by Crippen LogP contribution is -2.29. The maximum atomic E-state index is 11.5. The largest absolute Gasteiger partial charge is 0.463 e. The molecule has 1 N–H and O–H groups in total. The molecule has 4 heteroatoms. The summed E-state index contributed by atoms with van der Waals surface area (Å²) in [5.41, 5.74) is 1.36. The van der Waals surface area contributed by atoms with Gasteiger partial charge >= 0.3 is 5.97 Å². The van der Waals surface area contributed by atoms with E-state index in [9.17, 15) is 4.79 Å². The smallest absolute Gasteiger partial charge is 0.373 e. The van der Waals surface area contributed by atoms with Gasteiger partial charge in [-0.05, 0) is 37.6 Å². The second kappa shape index (κ2) is 5.37. The van der Waals surface area contributed by atoms with Crippen LogP contribution in [0.4, 0.5) is 0 Å². The molecule has 1 aromatic carbocycles. The molecule has 21 heavy (non-hydrogen) atoms. The summed E-state index contributed by atoms with van der Waals surface area (Å²) in [4.78, 5) is 11.5. The summed E-state index contributed by atoms with van der Waals surface area (Å²) in [7, 11) is 3.28. The molecular weight excluding hydrogens is 266 g/mol. The standard InChI is InChI=1S/C17H19NO3/c1-18-15(13-8-9-14(21-13)16(19)20-2)17(10-11-17)12-6-4-3-5-7-12/h3-9,15,18H,10-11H2,1-2H3. The van der Waals surface area contributed by atoms with Crippen molar-refractivity contribution in [2.75, 3.05) is 14.2 Å². The van der Waals surface area contributed by atoms with Gasteiger partial charge in [-0.3, -0.25) is 0 Å². The predicted octanol–water partition coefficient (Wildman–Crippen LogP) is 3.06. The quantitative estimate of drug-likeness (QED) is 0.858. The molecule has 3 rings (SSSR count). The number of hydrogen-bond acceptors (Lipinski definition) is 4. The highest BCUT2D eigenvalue weighted by Crippen LogP contribution is 2.56. The van der Waals surface area contributed by atoms with Gasteiger partial charge in [0.1, 0.15) is 5.76 Å². The number of hydrogen-bond donors (Lipinski definition) is 1. The summed E-state index contributed by atoms with van der Waals surface area (Å²) in [5.74, 6) is 0.580. The first kappa shape index (κ1) is 13.9. The van der Waals surface area contributed by atoms with Gasteiger partial charge in [-0.15, -0.1) is 0 Å². The highest BCUT2D eigenvalue weighted by Gasteiger charge is 2.51. The van der Waals surface area contributed by atoms with Crippen LogP contribution in [0.1, 0.15) is 40.8 Å². The molecule has 0 spiro atoms. The van der Waals surface area contributed by atoms with Crippen LogP contribution in [0.15, 0.2) is 46.9 Å². The molecule has 1 aromatic heterocycles. The number of likely N-dealkylation sites (N-methyl/N-ethyl adjacent to an activating group) is 1. The Morgan fingerprint density at radius 2 is 1.95 bits per heavy atom. The molecule has 0 radical (unpaired) electrons. The van der Waals surface area contributed by atoms with Crippen LogP contribution < -0.4 is 5.32 Å². The highest BCUT2D eigenvalue weighted by molar-refractivity contribution is 5.86. The fraction of sp³-hybridized carbons (Fsp3) is 0.353. The van der Waals surface area contributed by atoms with Gasteiger partial charge in [-0.25, -0.2) is 4.79 Å². The lowest BCUT2D eigenvalue weighted by molar-refractivity contribution is 0.0561. The SMILES string of the molecule is CNC(c1ccc(C(=O)OC)o1)C1(c2ccccc2)CC1. The number of ether oxygens (including phenoxy) is 1. The van der Waals surface area contributed by atoms with Crippen molar-refractivity contribution in [3.63, 3.8) is 0 Å². The van der Waals surface area contributed by atoms with Gasteiger partial charge in [0.05, 0.1) is 13.2 Å². The van der Waals surface area contributed by atoms with Crippen LogP contribution in [-0.2, 0) is 10.2 Å². The van der Waals surface area contributed by atoms with Gasteiger partial charge in [0, 0.05) is 5.41 Å². The molecule has 1 fully saturated rings. The van der Waals surface area contributed by atoms with Gasteiger partial charge in [0.2, 0.25) is 5.76 Å². The molecule has 110 valence electrons. The summed E-state index contributed by atoms with van der Waals surface area (Å²) in [6.45, 7) is 0. The van der Waals surface area contributed by atoms with Crippen molar-refractivity contribution in [1.82, 2.24) is 5.32 Å². The Balaban J connectivity index is 1.92. The van der Waals surface area contributed by atoms with Crippen LogP contribution in [0, 0.1) is 0 Å². The van der Waals surface area contributed by atoms with Crippen molar-refractivity contribution < 1.29 is 13.9 Å². The Bertz CT molecular complexity index is 628. The van der Waals surface area contributed by atoms with Crippen LogP contribution in [0.2, 0.25) is 0 Å². The molecule has 4 nitrogen and oxygen atoms in total. The third-order valence-corrected chi connectivity index (χ3v) is 4.28. The number of methoxy groups -OCH3 is 1. The normalized spacial score (nSPS) is 17.2. The molecule has 1 saturated carbocycles. The van der Waals surface area contributed by atoms with E-state index in [2.05, 4.69) is 29.6 Å². The number of carbonyl (C=O) groups is 1. The Morgan fingerprint density at radius 3 is 2.52 bits per heavy atom. The first-order valence-corrected chi connectivity index (χ1v) is 7.12. The van der Waals surface area contributed by atoms with Crippen molar-refractivity contribution in [2.24, 2.45) is 0 Å². The van der Waals surface area contributed by atoms with Crippen molar-refractivity contribution >= 4 is 5.97 Å². The number of rotatable bonds is 5.